The summed E-state index contributed by atoms with van der Waals surface area (Å²) in [6.45, 7) is -4.32. The molecule has 0 bridgehead atoms. The Morgan fingerprint density at radius 2 is 1.35 bits per heavy atom. The average molecular weight is 549 g/mol. The minimum absolute atomic E-state index is 0.0941. The van der Waals surface area contributed by atoms with Crippen LogP contribution in [0.4, 0.5) is 8.63 Å². The number of para-hydroxylation sites is 1. The van der Waals surface area contributed by atoms with E-state index in [1.165, 1.54) is 6.33 Å². The van der Waals surface area contributed by atoms with Crippen molar-refractivity contribution in [1.29, 1.82) is 0 Å². The summed E-state index contributed by atoms with van der Waals surface area (Å²) in [5, 5.41) is 0.0941. The van der Waals surface area contributed by atoms with Crippen LogP contribution in [-0.2, 0) is 0 Å². The van der Waals surface area contributed by atoms with Gasteiger partial charge in [-0.25, -0.2) is 9.97 Å². The third-order valence-corrected chi connectivity index (χ3v) is 7.37. The molecule has 4 heterocycles. The van der Waals surface area contributed by atoms with E-state index in [0.29, 0.717) is 50.8 Å². The van der Waals surface area contributed by atoms with Crippen molar-refractivity contribution < 1.29 is 17.9 Å². The summed E-state index contributed by atoms with van der Waals surface area (Å²) in [6.07, 6.45) is 4.71. The summed E-state index contributed by atoms with van der Waals surface area (Å²) < 4.78 is 42.1. The van der Waals surface area contributed by atoms with Crippen LogP contribution in [0.1, 0.15) is 16.8 Å². The molecule has 0 fully saturated rings. The van der Waals surface area contributed by atoms with E-state index in [1.807, 2.05) is 78.9 Å². The van der Waals surface area contributed by atoms with E-state index < -0.39 is 6.97 Å². The Bertz CT molecular complexity index is 1850. The summed E-state index contributed by atoms with van der Waals surface area (Å²) in [5.41, 5.74) is 3.48. The lowest BCUT2D eigenvalue weighted by atomic mass is 9.85. The molecule has 5 aromatic rings. The van der Waals surface area contributed by atoms with Crippen LogP contribution in [0.2, 0.25) is 5.15 Å². The van der Waals surface area contributed by atoms with Crippen LogP contribution < -0.4 is 4.74 Å². The smallest absolute Gasteiger partial charge is 0.438 e. The standard InChI is InChI=1S/C31H20BClF2N4O/c33-30-29(31(37-20-36-30)40-23-14-8-3-9-15-23)28-26-18-16-24(21-10-4-1-5-11-21)38(26)32(34,35)39-25(17-19-27(28)39)22-12-6-2-7-13-22/h1-20H. The number of benzene rings is 3. The first kappa shape index (κ1) is 24.2. The summed E-state index contributed by atoms with van der Waals surface area (Å²) in [7, 11) is 0. The monoisotopic (exact) mass is 548 g/mol. The van der Waals surface area contributed by atoms with Crippen LogP contribution in [0.25, 0.3) is 16.8 Å². The van der Waals surface area contributed by atoms with Crippen LogP contribution in [0.3, 0.4) is 0 Å². The molecule has 0 atom stereocenters. The van der Waals surface area contributed by atoms with Gasteiger partial charge in [-0.15, -0.1) is 0 Å². The topological polar surface area (TPSA) is 42.9 Å². The van der Waals surface area contributed by atoms with Crippen molar-refractivity contribution in [1.82, 2.24) is 14.4 Å². The molecule has 0 saturated heterocycles. The van der Waals surface area contributed by atoms with Crippen molar-refractivity contribution in [2.45, 2.75) is 0 Å². The Balaban J connectivity index is 1.55. The molecule has 0 aliphatic carbocycles. The molecule has 2 aliphatic heterocycles. The maximum absolute atomic E-state index is 16.9. The number of halogens is 3. The van der Waals surface area contributed by atoms with Gasteiger partial charge in [0.1, 0.15) is 17.2 Å². The van der Waals surface area contributed by atoms with Gasteiger partial charge in [-0.1, -0.05) is 78.3 Å². The van der Waals surface area contributed by atoms with E-state index in [1.54, 1.807) is 36.4 Å². The van der Waals surface area contributed by atoms with Crippen molar-refractivity contribution in [2.75, 3.05) is 0 Å². The SMILES string of the molecule is F[B-]1(F)n2c(ccc2-c2ccccc2)C(c2c(Cl)ncnc2Oc2ccccc2)=C2C=CC(c3ccccc3)=[N+]21. The van der Waals surface area contributed by atoms with E-state index in [4.69, 9.17) is 16.3 Å². The Hall–Kier alpha value is -4.82. The Kier molecular flexibility index (Phi) is 5.71. The third-order valence-electron chi connectivity index (χ3n) is 7.08. The molecule has 5 nitrogen and oxygen atoms in total. The zero-order valence-corrected chi connectivity index (χ0v) is 21.7. The molecule has 0 radical (unpaired) electrons. The molecule has 0 unspecified atom stereocenters. The molecule has 0 N–H and O–H groups in total. The van der Waals surface area contributed by atoms with Crippen molar-refractivity contribution in [3.05, 3.63) is 149 Å². The molecule has 2 aliphatic rings. The van der Waals surface area contributed by atoms with Crippen molar-refractivity contribution in [3.63, 3.8) is 0 Å². The second-order valence-corrected chi connectivity index (χ2v) is 9.76. The molecule has 40 heavy (non-hydrogen) atoms. The summed E-state index contributed by atoms with van der Waals surface area (Å²) in [4.78, 5) is 8.60. The molecule has 9 heteroatoms. The second kappa shape index (κ2) is 9.43. The molecule has 2 aromatic heterocycles. The Morgan fingerprint density at radius 1 is 0.725 bits per heavy atom. The fraction of sp³-hybridized carbons (Fsp3) is 0. The van der Waals surface area contributed by atoms with Crippen LogP contribution in [0, 0.1) is 0 Å². The molecule has 0 spiro atoms. The minimum Gasteiger partial charge on any atom is -0.438 e. The van der Waals surface area contributed by atoms with Gasteiger partial charge in [0.25, 0.3) is 0 Å². The average Bonchev–Trinajstić information content (AvgIpc) is 3.63. The summed E-state index contributed by atoms with van der Waals surface area (Å²) >= 11 is 6.73. The highest BCUT2D eigenvalue weighted by atomic mass is 35.5. The highest BCUT2D eigenvalue weighted by molar-refractivity contribution is 6.59. The van der Waals surface area contributed by atoms with Gasteiger partial charge in [0, 0.05) is 29.1 Å². The number of rotatable bonds is 5. The maximum Gasteiger partial charge on any atom is 0.737 e. The first-order chi connectivity index (χ1) is 19.5. The first-order valence-corrected chi connectivity index (χ1v) is 13.1. The maximum atomic E-state index is 16.9. The van der Waals surface area contributed by atoms with Gasteiger partial charge in [0.2, 0.25) is 5.88 Å². The fourth-order valence-corrected chi connectivity index (χ4v) is 5.62. The predicted molar refractivity (Wildman–Crippen MR) is 153 cm³/mol. The predicted octanol–water partition coefficient (Wildman–Crippen LogP) is 7.46. The number of ether oxygens (including phenoxy) is 1. The number of allylic oxidation sites excluding steroid dienone is 2. The number of hydrogen-bond donors (Lipinski definition) is 0. The van der Waals surface area contributed by atoms with Crippen LogP contribution in [0.15, 0.2) is 127 Å². The van der Waals surface area contributed by atoms with Crippen LogP contribution in [-0.4, -0.2) is 31.6 Å². The highest BCUT2D eigenvalue weighted by Gasteiger charge is 2.55. The van der Waals surface area contributed by atoms with E-state index in [-0.39, 0.29) is 11.0 Å². The van der Waals surface area contributed by atoms with Gasteiger partial charge >= 0.3 is 6.97 Å². The lowest BCUT2D eigenvalue weighted by molar-refractivity contribution is -0.360. The van der Waals surface area contributed by atoms with Crippen LogP contribution in [0.5, 0.6) is 11.6 Å². The first-order valence-electron chi connectivity index (χ1n) is 12.7. The molecule has 0 amide bonds. The van der Waals surface area contributed by atoms with Gasteiger partial charge in [-0.2, -0.15) is 0 Å². The van der Waals surface area contributed by atoms with Crippen molar-refractivity contribution >= 4 is 29.9 Å². The molecule has 0 saturated carbocycles. The van der Waals surface area contributed by atoms with Gasteiger partial charge < -0.3 is 22.3 Å². The van der Waals surface area contributed by atoms with E-state index in [9.17, 15) is 0 Å². The number of fused-ring (bicyclic) bond motifs is 2. The lowest BCUT2D eigenvalue weighted by Crippen LogP contribution is -2.51. The number of hydrogen-bond acceptors (Lipinski definition) is 3. The molecule has 3 aromatic carbocycles. The van der Waals surface area contributed by atoms with Gasteiger partial charge in [0.05, 0.1) is 11.1 Å². The third kappa shape index (κ3) is 3.79. The minimum atomic E-state index is -4.32. The summed E-state index contributed by atoms with van der Waals surface area (Å²) in [5.74, 6) is 0.701. The van der Waals surface area contributed by atoms with Crippen molar-refractivity contribution in [3.8, 4) is 22.9 Å². The Morgan fingerprint density at radius 3 is 2.05 bits per heavy atom. The highest BCUT2D eigenvalue weighted by Crippen LogP contribution is 2.46. The van der Waals surface area contributed by atoms with Crippen molar-refractivity contribution in [2.24, 2.45) is 0 Å². The van der Waals surface area contributed by atoms with E-state index in [2.05, 4.69) is 9.97 Å². The normalized spacial score (nSPS) is 15.3. The quantitative estimate of drug-likeness (QED) is 0.169. The van der Waals surface area contributed by atoms with E-state index in [0.717, 1.165) is 8.96 Å². The molecular weight excluding hydrogens is 529 g/mol. The summed E-state index contributed by atoms with van der Waals surface area (Å²) in [6, 6.07) is 30.8. The largest absolute Gasteiger partial charge is 0.737 e. The Labute approximate surface area is 234 Å². The lowest BCUT2D eigenvalue weighted by Gasteiger charge is -2.33. The number of aromatic nitrogens is 3. The van der Waals surface area contributed by atoms with Gasteiger partial charge in [-0.05, 0) is 42.0 Å². The van der Waals surface area contributed by atoms with Gasteiger partial charge in [-0.3, -0.25) is 0 Å². The molecule has 7 rings (SSSR count). The molecular formula is C31H20BClF2N4O. The van der Waals surface area contributed by atoms with Crippen LogP contribution >= 0.6 is 11.6 Å². The second-order valence-electron chi connectivity index (χ2n) is 9.40. The fourth-order valence-electron chi connectivity index (χ4n) is 5.40. The zero-order valence-electron chi connectivity index (χ0n) is 21.0. The van der Waals surface area contributed by atoms with E-state index >= 15 is 8.63 Å². The van der Waals surface area contributed by atoms with Gasteiger partial charge in [0.15, 0.2) is 11.4 Å². The molecule has 194 valence electrons. The number of nitrogens with zero attached hydrogens (tertiary/aromatic N) is 4. The zero-order chi connectivity index (χ0) is 27.3.